The third kappa shape index (κ3) is 3.28. The van der Waals surface area contributed by atoms with Gasteiger partial charge in [0.15, 0.2) is 5.75 Å². The van der Waals surface area contributed by atoms with Crippen LogP contribution in [-0.2, 0) is 10.1 Å². The molecule has 0 amide bonds. The maximum absolute atomic E-state index is 12.6. The number of fused-ring (bicyclic) bond motifs is 1. The fraction of sp³-hybridized carbons (Fsp3) is 0.167. The van der Waals surface area contributed by atoms with Gasteiger partial charge in [-0.3, -0.25) is 0 Å². The first-order valence-corrected chi connectivity index (χ1v) is 8.58. The summed E-state index contributed by atoms with van der Waals surface area (Å²) in [5.74, 6) is -0.600. The second-order valence-electron chi connectivity index (χ2n) is 4.64. The number of hydrogen-bond donors (Lipinski definition) is 0. The Bertz CT molecular complexity index is 1030. The maximum Gasteiger partial charge on any atom is 0.534 e. The lowest BCUT2D eigenvalue weighted by atomic mass is 10.1. The highest BCUT2D eigenvalue weighted by Crippen LogP contribution is 2.37. The first-order valence-electron chi connectivity index (χ1n) is 6.29. The lowest BCUT2D eigenvalue weighted by molar-refractivity contribution is -0.0499. The predicted molar refractivity (Wildman–Crippen MR) is 77.7 cm³/mol. The molecule has 0 radical (unpaired) electrons. The summed E-state index contributed by atoms with van der Waals surface area (Å²) in [6.07, 6.45) is 2.02. The standard InChI is InChI=1S/C12H6F5N3O3S2/c13-11(14)20-4-7(3-19-20)6-1-8-10(24-5-18-8)9(2-6)23-25(21,22)12(15,16)17/h1-5,11H. The predicted octanol–water partition coefficient (Wildman–Crippen LogP) is 3.78. The van der Waals surface area contributed by atoms with Crippen LogP contribution in [0.4, 0.5) is 22.0 Å². The molecule has 6 nitrogen and oxygen atoms in total. The molecule has 2 aromatic heterocycles. The molecule has 3 rings (SSSR count). The van der Waals surface area contributed by atoms with Gasteiger partial charge >= 0.3 is 22.2 Å². The third-order valence-corrected chi connectivity index (χ3v) is 4.84. The summed E-state index contributed by atoms with van der Waals surface area (Å²) in [7, 11) is -5.89. The van der Waals surface area contributed by atoms with Crippen LogP contribution in [0.2, 0.25) is 0 Å². The molecular formula is C12H6F5N3O3S2. The summed E-state index contributed by atoms with van der Waals surface area (Å²) in [6, 6.07) is 2.39. The van der Waals surface area contributed by atoms with E-state index in [2.05, 4.69) is 14.3 Å². The number of rotatable bonds is 4. The first-order chi connectivity index (χ1) is 11.6. The van der Waals surface area contributed by atoms with Crippen molar-refractivity contribution in [1.29, 1.82) is 0 Å². The first kappa shape index (κ1) is 17.5. The molecule has 0 bridgehead atoms. The van der Waals surface area contributed by atoms with Crippen LogP contribution in [0.25, 0.3) is 21.3 Å². The molecule has 0 atom stereocenters. The van der Waals surface area contributed by atoms with Gasteiger partial charge in [0, 0.05) is 11.8 Å². The van der Waals surface area contributed by atoms with Crippen molar-refractivity contribution in [2.45, 2.75) is 12.1 Å². The van der Waals surface area contributed by atoms with E-state index in [9.17, 15) is 30.4 Å². The Morgan fingerprint density at radius 2 is 1.92 bits per heavy atom. The second-order valence-corrected chi connectivity index (χ2v) is 7.04. The van der Waals surface area contributed by atoms with Gasteiger partial charge in [0.1, 0.15) is 0 Å². The van der Waals surface area contributed by atoms with Gasteiger partial charge in [-0.25, -0.2) is 9.67 Å². The van der Waals surface area contributed by atoms with Gasteiger partial charge in [-0.15, -0.1) is 11.3 Å². The van der Waals surface area contributed by atoms with E-state index in [1.165, 1.54) is 11.6 Å². The van der Waals surface area contributed by atoms with Crippen molar-refractivity contribution in [3.05, 3.63) is 30.0 Å². The van der Waals surface area contributed by atoms with Gasteiger partial charge < -0.3 is 4.18 Å². The van der Waals surface area contributed by atoms with E-state index in [0.717, 1.165) is 29.8 Å². The molecule has 3 aromatic rings. The van der Waals surface area contributed by atoms with E-state index >= 15 is 0 Å². The fourth-order valence-corrected chi connectivity index (χ4v) is 3.16. The molecule has 1 aromatic carbocycles. The van der Waals surface area contributed by atoms with Crippen molar-refractivity contribution in [2.75, 3.05) is 0 Å². The largest absolute Gasteiger partial charge is 0.534 e. The van der Waals surface area contributed by atoms with E-state index in [1.54, 1.807) is 0 Å². The van der Waals surface area contributed by atoms with Crippen LogP contribution < -0.4 is 4.18 Å². The molecule has 0 aliphatic rings. The number of halogens is 5. The zero-order valence-electron chi connectivity index (χ0n) is 11.7. The molecule has 2 heterocycles. The van der Waals surface area contributed by atoms with Gasteiger partial charge in [-0.05, 0) is 17.7 Å². The topological polar surface area (TPSA) is 74.1 Å². The summed E-state index contributed by atoms with van der Waals surface area (Å²) < 4.78 is 89.9. The molecule has 0 saturated heterocycles. The van der Waals surface area contributed by atoms with E-state index in [4.69, 9.17) is 0 Å². The molecule has 0 unspecified atom stereocenters. The number of hydrogen-bond acceptors (Lipinski definition) is 6. The molecule has 0 aliphatic carbocycles. The van der Waals surface area contributed by atoms with Crippen molar-refractivity contribution in [2.24, 2.45) is 0 Å². The van der Waals surface area contributed by atoms with Gasteiger partial charge in [-0.2, -0.15) is 35.5 Å². The average Bonchev–Trinajstić information content (AvgIpc) is 3.14. The Balaban J connectivity index is 2.11. The van der Waals surface area contributed by atoms with Crippen molar-refractivity contribution in [3.63, 3.8) is 0 Å². The van der Waals surface area contributed by atoms with E-state index in [0.29, 0.717) is 4.68 Å². The van der Waals surface area contributed by atoms with Gasteiger partial charge in [0.05, 0.1) is 21.9 Å². The highest BCUT2D eigenvalue weighted by atomic mass is 32.2. The zero-order chi connectivity index (χ0) is 18.4. The van der Waals surface area contributed by atoms with Crippen LogP contribution in [0, 0.1) is 0 Å². The van der Waals surface area contributed by atoms with Crippen LogP contribution in [0.15, 0.2) is 30.0 Å². The summed E-state index contributed by atoms with van der Waals surface area (Å²) in [5.41, 5.74) is -3.92. The Labute approximate surface area is 140 Å². The Morgan fingerprint density at radius 1 is 1.20 bits per heavy atom. The Kier molecular flexibility index (Phi) is 4.15. The highest BCUT2D eigenvalue weighted by Gasteiger charge is 2.48. The van der Waals surface area contributed by atoms with E-state index < -0.39 is 27.9 Å². The SMILES string of the molecule is O=S(=O)(Oc1cc(-c2cnn(C(F)F)c2)cc2ncsc12)C(F)(F)F. The van der Waals surface area contributed by atoms with Gasteiger partial charge in [-0.1, -0.05) is 0 Å². The molecule has 0 aliphatic heterocycles. The number of thiazole rings is 1. The minimum atomic E-state index is -5.89. The molecule has 134 valence electrons. The number of nitrogens with zero attached hydrogens (tertiary/aromatic N) is 3. The smallest absolute Gasteiger partial charge is 0.374 e. The van der Waals surface area contributed by atoms with E-state index in [1.807, 2.05) is 0 Å². The highest BCUT2D eigenvalue weighted by molar-refractivity contribution is 7.88. The normalized spacial score (nSPS) is 12.9. The van der Waals surface area contributed by atoms with Crippen molar-refractivity contribution in [3.8, 4) is 16.9 Å². The minimum absolute atomic E-state index is 0.0674. The summed E-state index contributed by atoms with van der Waals surface area (Å²) in [4.78, 5) is 3.89. The lowest BCUT2D eigenvalue weighted by Gasteiger charge is -2.11. The van der Waals surface area contributed by atoms with Crippen LogP contribution in [0.1, 0.15) is 6.55 Å². The average molecular weight is 399 g/mol. The van der Waals surface area contributed by atoms with Crippen LogP contribution in [0.3, 0.4) is 0 Å². The minimum Gasteiger partial charge on any atom is -0.374 e. The molecule has 0 fully saturated rings. The van der Waals surface area contributed by atoms with Crippen LogP contribution in [-0.4, -0.2) is 28.7 Å². The van der Waals surface area contributed by atoms with Gasteiger partial charge in [0.25, 0.3) is 0 Å². The molecule has 0 spiro atoms. The second kappa shape index (κ2) is 5.91. The Hall–Kier alpha value is -2.28. The quantitative estimate of drug-likeness (QED) is 0.379. The van der Waals surface area contributed by atoms with Gasteiger partial charge in [0.2, 0.25) is 0 Å². The zero-order valence-corrected chi connectivity index (χ0v) is 13.4. The third-order valence-electron chi connectivity index (χ3n) is 3.02. The molecule has 0 N–H and O–H groups in total. The summed E-state index contributed by atoms with van der Waals surface area (Å²) in [5, 5.41) is 3.41. The van der Waals surface area contributed by atoms with Crippen molar-refractivity contribution in [1.82, 2.24) is 14.8 Å². The molecule has 0 saturated carbocycles. The summed E-state index contributed by atoms with van der Waals surface area (Å²) >= 11 is 0.871. The molecule has 13 heteroatoms. The fourth-order valence-electron chi connectivity index (χ4n) is 1.93. The number of aromatic nitrogens is 3. The monoisotopic (exact) mass is 399 g/mol. The maximum atomic E-state index is 12.6. The number of benzene rings is 1. The van der Waals surface area contributed by atoms with E-state index in [-0.39, 0.29) is 21.3 Å². The van der Waals surface area contributed by atoms with Crippen molar-refractivity contribution >= 4 is 31.7 Å². The molecule has 25 heavy (non-hydrogen) atoms. The van der Waals surface area contributed by atoms with Crippen LogP contribution >= 0.6 is 11.3 Å². The number of alkyl halides is 5. The Morgan fingerprint density at radius 3 is 2.52 bits per heavy atom. The van der Waals surface area contributed by atoms with Crippen LogP contribution in [0.5, 0.6) is 5.75 Å². The molecular weight excluding hydrogens is 393 g/mol. The lowest BCUT2D eigenvalue weighted by Crippen LogP contribution is -2.28. The summed E-state index contributed by atoms with van der Waals surface area (Å²) in [6.45, 7) is -2.90. The van der Waals surface area contributed by atoms with Crippen molar-refractivity contribution < 1.29 is 34.6 Å².